The zero-order valence-corrected chi connectivity index (χ0v) is 17.3. The molecule has 6 nitrogen and oxygen atoms in total. The molecular formula is C17H31IN4O2. The van der Waals surface area contributed by atoms with E-state index in [9.17, 15) is 0 Å². The highest BCUT2D eigenvalue weighted by Gasteiger charge is 2.20. The Kier molecular flexibility index (Phi) is 10.4. The van der Waals surface area contributed by atoms with Crippen LogP contribution in [0.1, 0.15) is 19.6 Å². The van der Waals surface area contributed by atoms with E-state index in [1.807, 2.05) is 12.1 Å². The lowest BCUT2D eigenvalue weighted by Gasteiger charge is -2.34. The van der Waals surface area contributed by atoms with Crippen molar-refractivity contribution in [3.8, 4) is 0 Å². The van der Waals surface area contributed by atoms with Crippen LogP contribution in [0.25, 0.3) is 0 Å². The molecule has 0 aromatic carbocycles. The van der Waals surface area contributed by atoms with Gasteiger partial charge in [-0.1, -0.05) is 13.8 Å². The molecule has 2 N–H and O–H groups in total. The number of aliphatic imine (C=N–C) groups is 1. The van der Waals surface area contributed by atoms with Gasteiger partial charge in [0.25, 0.3) is 0 Å². The molecule has 2 heterocycles. The van der Waals surface area contributed by atoms with Crippen LogP contribution in [0.5, 0.6) is 0 Å². The summed E-state index contributed by atoms with van der Waals surface area (Å²) in [5, 5.41) is 6.65. The van der Waals surface area contributed by atoms with Gasteiger partial charge in [-0.25, -0.2) is 0 Å². The minimum Gasteiger partial charge on any atom is -0.469 e. The molecule has 0 aliphatic carbocycles. The summed E-state index contributed by atoms with van der Waals surface area (Å²) in [6, 6.07) is 3.89. The van der Waals surface area contributed by atoms with Crippen molar-refractivity contribution in [2.45, 2.75) is 26.4 Å². The van der Waals surface area contributed by atoms with Crippen LogP contribution in [-0.2, 0) is 11.2 Å². The smallest absolute Gasteiger partial charge is 0.191 e. The molecule has 0 spiro atoms. The van der Waals surface area contributed by atoms with Crippen LogP contribution in [0, 0.1) is 5.92 Å². The minimum atomic E-state index is 0. The summed E-state index contributed by atoms with van der Waals surface area (Å²) in [7, 11) is 1.79. The van der Waals surface area contributed by atoms with Gasteiger partial charge in [0, 0.05) is 46.2 Å². The van der Waals surface area contributed by atoms with Gasteiger partial charge >= 0.3 is 0 Å². The van der Waals surface area contributed by atoms with E-state index in [4.69, 9.17) is 9.15 Å². The number of ether oxygens (including phenoxy) is 1. The fraction of sp³-hybridized carbons (Fsp3) is 0.706. The molecule has 1 fully saturated rings. The molecule has 1 aromatic rings. The van der Waals surface area contributed by atoms with E-state index in [1.165, 1.54) is 0 Å². The lowest BCUT2D eigenvalue weighted by molar-refractivity contribution is -0.0284. The van der Waals surface area contributed by atoms with Gasteiger partial charge in [-0.2, -0.15) is 0 Å². The minimum absolute atomic E-state index is 0. The molecule has 1 atom stereocenters. The van der Waals surface area contributed by atoms with Crippen molar-refractivity contribution in [2.75, 3.05) is 46.4 Å². The van der Waals surface area contributed by atoms with E-state index < -0.39 is 0 Å². The average molecular weight is 450 g/mol. The second kappa shape index (κ2) is 11.7. The first kappa shape index (κ1) is 21.2. The zero-order chi connectivity index (χ0) is 16.5. The molecule has 0 saturated carbocycles. The topological polar surface area (TPSA) is 62.0 Å². The van der Waals surface area contributed by atoms with Gasteiger partial charge in [0.2, 0.25) is 0 Å². The van der Waals surface area contributed by atoms with Crippen molar-refractivity contribution in [1.29, 1.82) is 0 Å². The van der Waals surface area contributed by atoms with Crippen molar-refractivity contribution in [1.82, 2.24) is 15.5 Å². The molecule has 0 radical (unpaired) electrons. The normalized spacial score (nSPS) is 19.2. The summed E-state index contributed by atoms with van der Waals surface area (Å²) in [4.78, 5) is 6.73. The third kappa shape index (κ3) is 7.85. The maximum atomic E-state index is 5.85. The molecule has 1 aliphatic rings. The summed E-state index contributed by atoms with van der Waals surface area (Å²) in [6.45, 7) is 10.0. The Balaban J connectivity index is 0.00000288. The van der Waals surface area contributed by atoms with Crippen molar-refractivity contribution in [3.05, 3.63) is 24.2 Å². The van der Waals surface area contributed by atoms with E-state index in [-0.39, 0.29) is 30.1 Å². The van der Waals surface area contributed by atoms with Gasteiger partial charge in [-0.05, 0) is 18.1 Å². The molecule has 1 aliphatic heterocycles. The first-order valence-electron chi connectivity index (χ1n) is 8.48. The summed E-state index contributed by atoms with van der Waals surface area (Å²) >= 11 is 0. The first-order valence-corrected chi connectivity index (χ1v) is 8.48. The average Bonchev–Trinajstić information content (AvgIpc) is 3.03. The third-order valence-corrected chi connectivity index (χ3v) is 3.81. The Morgan fingerprint density at radius 3 is 2.92 bits per heavy atom. The Bertz CT molecular complexity index is 465. The predicted octanol–water partition coefficient (Wildman–Crippen LogP) is 1.96. The molecule has 24 heavy (non-hydrogen) atoms. The summed E-state index contributed by atoms with van der Waals surface area (Å²) in [6.07, 6.45) is 2.76. The SMILES string of the molecule is CN=C(NCCc1ccco1)NCC1CN(CC(C)C)CCO1.I. The molecule has 0 bridgehead atoms. The van der Waals surface area contributed by atoms with Crippen molar-refractivity contribution < 1.29 is 9.15 Å². The fourth-order valence-electron chi connectivity index (χ4n) is 2.78. The number of nitrogens with one attached hydrogen (secondary N) is 2. The van der Waals surface area contributed by atoms with Crippen LogP contribution in [0.15, 0.2) is 27.8 Å². The summed E-state index contributed by atoms with van der Waals surface area (Å²) in [5.41, 5.74) is 0. The molecule has 7 heteroatoms. The Morgan fingerprint density at radius 1 is 1.42 bits per heavy atom. The van der Waals surface area contributed by atoms with Crippen LogP contribution in [0.4, 0.5) is 0 Å². The molecule has 138 valence electrons. The quantitative estimate of drug-likeness (QED) is 0.378. The van der Waals surface area contributed by atoms with Gasteiger partial charge in [0.05, 0.1) is 19.0 Å². The van der Waals surface area contributed by atoms with E-state index in [2.05, 4.69) is 34.4 Å². The highest BCUT2D eigenvalue weighted by Crippen LogP contribution is 2.07. The molecule has 1 unspecified atom stereocenters. The molecule has 0 amide bonds. The Labute approximate surface area is 162 Å². The van der Waals surface area contributed by atoms with Gasteiger partial charge in [0.15, 0.2) is 5.96 Å². The number of hydrogen-bond acceptors (Lipinski definition) is 4. The highest BCUT2D eigenvalue weighted by molar-refractivity contribution is 14.0. The second-order valence-corrected chi connectivity index (χ2v) is 6.36. The number of furan rings is 1. The number of rotatable bonds is 7. The maximum absolute atomic E-state index is 5.85. The van der Waals surface area contributed by atoms with E-state index >= 15 is 0 Å². The molecular weight excluding hydrogens is 419 g/mol. The van der Waals surface area contributed by atoms with Crippen LogP contribution < -0.4 is 10.6 Å². The van der Waals surface area contributed by atoms with E-state index in [0.29, 0.717) is 5.92 Å². The van der Waals surface area contributed by atoms with Gasteiger partial charge in [-0.15, -0.1) is 24.0 Å². The Hall–Kier alpha value is -0.800. The lowest BCUT2D eigenvalue weighted by Crippen LogP contribution is -2.50. The Morgan fingerprint density at radius 2 is 2.25 bits per heavy atom. The molecule has 1 aromatic heterocycles. The van der Waals surface area contributed by atoms with Gasteiger partial charge in [-0.3, -0.25) is 9.89 Å². The first-order chi connectivity index (χ1) is 11.2. The fourth-order valence-corrected chi connectivity index (χ4v) is 2.78. The predicted molar refractivity (Wildman–Crippen MR) is 108 cm³/mol. The zero-order valence-electron chi connectivity index (χ0n) is 15.0. The number of guanidine groups is 1. The lowest BCUT2D eigenvalue weighted by atomic mass is 10.2. The third-order valence-electron chi connectivity index (χ3n) is 3.81. The molecule has 1 saturated heterocycles. The maximum Gasteiger partial charge on any atom is 0.191 e. The number of halogens is 1. The van der Waals surface area contributed by atoms with Crippen LogP contribution in [-0.4, -0.2) is 63.3 Å². The largest absolute Gasteiger partial charge is 0.469 e. The summed E-state index contributed by atoms with van der Waals surface area (Å²) in [5.74, 6) is 2.48. The van der Waals surface area contributed by atoms with Crippen LogP contribution >= 0.6 is 24.0 Å². The number of morpholine rings is 1. The van der Waals surface area contributed by atoms with E-state index in [1.54, 1.807) is 13.3 Å². The highest BCUT2D eigenvalue weighted by atomic mass is 127. The number of nitrogens with zero attached hydrogens (tertiary/aromatic N) is 2. The van der Waals surface area contributed by atoms with Crippen molar-refractivity contribution in [3.63, 3.8) is 0 Å². The van der Waals surface area contributed by atoms with Gasteiger partial charge < -0.3 is 19.8 Å². The second-order valence-electron chi connectivity index (χ2n) is 6.36. The standard InChI is InChI=1S/C17H30N4O2.HI/c1-14(2)12-21-8-10-23-16(13-21)11-20-17(18-3)19-7-6-15-5-4-9-22-15;/h4-5,9,14,16H,6-8,10-13H2,1-3H3,(H2,18,19,20);1H. The van der Waals surface area contributed by atoms with Crippen LogP contribution in [0.2, 0.25) is 0 Å². The monoisotopic (exact) mass is 450 g/mol. The van der Waals surface area contributed by atoms with Crippen molar-refractivity contribution in [2.24, 2.45) is 10.9 Å². The van der Waals surface area contributed by atoms with E-state index in [0.717, 1.165) is 57.5 Å². The molecule has 2 rings (SSSR count). The summed E-state index contributed by atoms with van der Waals surface area (Å²) < 4.78 is 11.2. The van der Waals surface area contributed by atoms with Gasteiger partial charge in [0.1, 0.15) is 5.76 Å². The van der Waals surface area contributed by atoms with Crippen molar-refractivity contribution >= 4 is 29.9 Å². The van der Waals surface area contributed by atoms with Crippen LogP contribution in [0.3, 0.4) is 0 Å². The number of hydrogen-bond donors (Lipinski definition) is 2.